The standard InChI is InChI=1S/C25H38N4O15/c1-10(32)28-17-19(35)22(44-25-21(37)20(36)18(34)15(8-30)42-25)16(9-31)43-24(17)41-5-4-27-23(38)12(26)6-11-2-3-14(33)13(7-11)29(39)40/h2-3,7,12,15-22,24-25,30-31,33-37H,4-6,8-9,26H2,1H3,(H,27,38)(H,28,32)/t12-,15?,16?,17?,18?,19?,20?,21?,22?,24?,25?/m0/s1. The summed E-state index contributed by atoms with van der Waals surface area (Å²) in [5, 5.41) is 86.3. The highest BCUT2D eigenvalue weighted by Gasteiger charge is 2.51. The number of phenols is 1. The van der Waals surface area contributed by atoms with Crippen LogP contribution in [0, 0.1) is 10.1 Å². The number of nitrogens with two attached hydrogens (primary N) is 1. The van der Waals surface area contributed by atoms with Crippen LogP contribution in [0.25, 0.3) is 0 Å². The zero-order valence-corrected chi connectivity index (χ0v) is 23.5. The fourth-order valence-electron chi connectivity index (χ4n) is 4.77. The number of ether oxygens (including phenoxy) is 4. The summed E-state index contributed by atoms with van der Waals surface area (Å²) in [6, 6.07) is 1.20. The average Bonchev–Trinajstić information content (AvgIpc) is 2.98. The number of carbonyl (C=O) groups excluding carboxylic acids is 2. The summed E-state index contributed by atoms with van der Waals surface area (Å²) >= 11 is 0. The Morgan fingerprint density at radius 1 is 1.05 bits per heavy atom. The van der Waals surface area contributed by atoms with E-state index in [1.54, 1.807) is 0 Å². The Labute approximate surface area is 250 Å². The van der Waals surface area contributed by atoms with Crippen molar-refractivity contribution in [3.63, 3.8) is 0 Å². The molecule has 10 unspecified atom stereocenters. The van der Waals surface area contributed by atoms with Gasteiger partial charge in [0.1, 0.15) is 48.8 Å². The lowest BCUT2D eigenvalue weighted by Gasteiger charge is -2.47. The molecule has 2 heterocycles. The molecule has 0 saturated carbocycles. The predicted molar refractivity (Wildman–Crippen MR) is 143 cm³/mol. The third-order valence-electron chi connectivity index (χ3n) is 7.08. The molecule has 2 amide bonds. The van der Waals surface area contributed by atoms with Gasteiger partial charge >= 0.3 is 5.69 Å². The molecule has 2 saturated heterocycles. The number of aromatic hydroxyl groups is 1. The van der Waals surface area contributed by atoms with E-state index in [4.69, 9.17) is 24.7 Å². The number of nitro benzene ring substituents is 1. The van der Waals surface area contributed by atoms with Gasteiger partial charge in [0, 0.05) is 19.5 Å². The van der Waals surface area contributed by atoms with Gasteiger partial charge in [-0.3, -0.25) is 19.7 Å². The molecular weight excluding hydrogens is 596 g/mol. The van der Waals surface area contributed by atoms with Crippen molar-refractivity contribution in [2.45, 2.75) is 80.7 Å². The zero-order valence-electron chi connectivity index (χ0n) is 23.5. The number of phenolic OH excluding ortho intramolecular Hbond substituents is 1. The summed E-state index contributed by atoms with van der Waals surface area (Å²) in [4.78, 5) is 34.6. The van der Waals surface area contributed by atoms with Crippen LogP contribution in [-0.4, -0.2) is 146 Å². The minimum atomic E-state index is -1.81. The highest BCUT2D eigenvalue weighted by atomic mass is 16.7. The average molecular weight is 635 g/mol. The quantitative estimate of drug-likeness (QED) is 0.0552. The summed E-state index contributed by atoms with van der Waals surface area (Å²) in [7, 11) is 0. The maximum atomic E-state index is 12.5. The van der Waals surface area contributed by atoms with Crippen molar-refractivity contribution >= 4 is 17.5 Å². The van der Waals surface area contributed by atoms with Crippen molar-refractivity contribution in [2.75, 3.05) is 26.4 Å². The Morgan fingerprint density at radius 2 is 1.70 bits per heavy atom. The van der Waals surface area contributed by atoms with E-state index in [9.17, 15) is 55.4 Å². The van der Waals surface area contributed by atoms with Gasteiger partial charge in [0.05, 0.1) is 30.8 Å². The minimum Gasteiger partial charge on any atom is -0.502 e. The van der Waals surface area contributed by atoms with Gasteiger partial charge in [0.15, 0.2) is 18.3 Å². The summed E-state index contributed by atoms with van der Waals surface area (Å²) in [5.74, 6) is -1.76. The number of rotatable bonds is 13. The van der Waals surface area contributed by atoms with Crippen LogP contribution in [0.2, 0.25) is 0 Å². The molecule has 0 aliphatic carbocycles. The zero-order chi connectivity index (χ0) is 32.7. The van der Waals surface area contributed by atoms with Gasteiger partial charge in [-0.25, -0.2) is 0 Å². The van der Waals surface area contributed by atoms with Gasteiger partial charge in [0.25, 0.3) is 0 Å². The molecule has 0 radical (unpaired) electrons. The molecule has 0 aromatic heterocycles. The van der Waals surface area contributed by atoms with Crippen LogP contribution in [0.4, 0.5) is 5.69 Å². The van der Waals surface area contributed by atoms with Gasteiger partial charge < -0.3 is 71.1 Å². The van der Waals surface area contributed by atoms with Crippen molar-refractivity contribution in [1.82, 2.24) is 10.6 Å². The second-order valence-electron chi connectivity index (χ2n) is 10.3. The van der Waals surface area contributed by atoms with E-state index in [1.165, 1.54) is 6.07 Å². The largest absolute Gasteiger partial charge is 0.502 e. The van der Waals surface area contributed by atoms with E-state index >= 15 is 0 Å². The van der Waals surface area contributed by atoms with Gasteiger partial charge in [-0.2, -0.15) is 0 Å². The van der Waals surface area contributed by atoms with E-state index in [0.29, 0.717) is 5.56 Å². The minimum absolute atomic E-state index is 0.0790. The first-order chi connectivity index (χ1) is 20.8. The van der Waals surface area contributed by atoms with Crippen LogP contribution in [0.1, 0.15) is 12.5 Å². The number of benzene rings is 1. The van der Waals surface area contributed by atoms with Gasteiger partial charge in [-0.1, -0.05) is 6.07 Å². The first-order valence-electron chi connectivity index (χ1n) is 13.6. The lowest BCUT2D eigenvalue weighted by atomic mass is 9.95. The van der Waals surface area contributed by atoms with Crippen LogP contribution in [-0.2, 0) is 35.0 Å². The van der Waals surface area contributed by atoms with Gasteiger partial charge in [0.2, 0.25) is 11.8 Å². The Hall–Kier alpha value is -3.08. The van der Waals surface area contributed by atoms with Crippen molar-refractivity contribution in [1.29, 1.82) is 0 Å². The summed E-state index contributed by atoms with van der Waals surface area (Å²) in [6.07, 6.45) is -14.1. The van der Waals surface area contributed by atoms with Crippen LogP contribution in [0.15, 0.2) is 18.2 Å². The molecular formula is C25H38N4O15. The number of nitrogens with one attached hydrogen (secondary N) is 2. The molecule has 0 bridgehead atoms. The number of aliphatic hydroxyl groups is 6. The van der Waals surface area contributed by atoms with E-state index in [2.05, 4.69) is 10.6 Å². The molecule has 1 aromatic rings. The molecule has 2 fully saturated rings. The molecule has 3 rings (SSSR count). The molecule has 11 N–H and O–H groups in total. The second kappa shape index (κ2) is 15.8. The van der Waals surface area contributed by atoms with E-state index in [0.717, 1.165) is 19.1 Å². The van der Waals surface area contributed by atoms with Crippen LogP contribution in [0.3, 0.4) is 0 Å². The highest BCUT2D eigenvalue weighted by Crippen LogP contribution is 2.30. The Kier molecular flexibility index (Phi) is 12.7. The van der Waals surface area contributed by atoms with Crippen molar-refractivity contribution in [3.05, 3.63) is 33.9 Å². The van der Waals surface area contributed by atoms with Crippen molar-refractivity contribution in [2.24, 2.45) is 5.73 Å². The SMILES string of the molecule is CC(=O)NC1C(OCCNC(=O)[C@@H](N)Cc2ccc(O)c([N+](=O)[O-])c2)OC(CO)C(OC2OC(CO)C(O)C(O)C2O)C1O. The van der Waals surface area contributed by atoms with E-state index < -0.39 is 109 Å². The second-order valence-corrected chi connectivity index (χ2v) is 10.3. The van der Waals surface area contributed by atoms with Crippen molar-refractivity contribution in [3.8, 4) is 5.75 Å². The Morgan fingerprint density at radius 3 is 2.32 bits per heavy atom. The topological polar surface area (TPSA) is 306 Å². The number of hydrogen-bond donors (Lipinski definition) is 10. The molecule has 2 aliphatic heterocycles. The lowest BCUT2D eigenvalue weighted by molar-refractivity contribution is -0.385. The number of aliphatic hydroxyl groups excluding tert-OH is 6. The molecule has 19 nitrogen and oxygen atoms in total. The Bertz CT molecular complexity index is 1140. The van der Waals surface area contributed by atoms with E-state index in [-0.39, 0.29) is 19.6 Å². The van der Waals surface area contributed by atoms with Crippen LogP contribution >= 0.6 is 0 Å². The Balaban J connectivity index is 1.59. The van der Waals surface area contributed by atoms with Crippen molar-refractivity contribution < 1.29 is 69.2 Å². The first kappa shape index (κ1) is 35.4. The number of nitro groups is 1. The third-order valence-corrected chi connectivity index (χ3v) is 7.08. The van der Waals surface area contributed by atoms with Gasteiger partial charge in [-0.05, 0) is 18.1 Å². The summed E-state index contributed by atoms with van der Waals surface area (Å²) in [6.45, 7) is -0.678. The molecule has 2 aliphatic rings. The smallest absolute Gasteiger partial charge is 0.310 e. The molecule has 0 spiro atoms. The first-order valence-corrected chi connectivity index (χ1v) is 13.6. The third kappa shape index (κ3) is 8.55. The fourth-order valence-corrected chi connectivity index (χ4v) is 4.77. The fraction of sp³-hybridized carbons (Fsp3) is 0.680. The monoisotopic (exact) mass is 634 g/mol. The lowest BCUT2D eigenvalue weighted by Crippen LogP contribution is -2.67. The molecule has 19 heteroatoms. The summed E-state index contributed by atoms with van der Waals surface area (Å²) < 4.78 is 22.2. The van der Waals surface area contributed by atoms with Crippen LogP contribution < -0.4 is 16.4 Å². The normalized spacial score (nSPS) is 32.9. The molecule has 1 aromatic carbocycles. The van der Waals surface area contributed by atoms with E-state index in [1.807, 2.05) is 0 Å². The number of hydrogen-bond acceptors (Lipinski definition) is 16. The highest BCUT2D eigenvalue weighted by molar-refractivity contribution is 5.81. The predicted octanol–water partition coefficient (Wildman–Crippen LogP) is -4.93. The number of amides is 2. The maximum absolute atomic E-state index is 12.5. The molecule has 11 atom stereocenters. The number of carbonyl (C=O) groups is 2. The molecule has 44 heavy (non-hydrogen) atoms. The van der Waals surface area contributed by atoms with Gasteiger partial charge in [-0.15, -0.1) is 0 Å². The van der Waals surface area contributed by atoms with Crippen LogP contribution in [0.5, 0.6) is 5.75 Å². The molecule has 248 valence electrons. The number of nitrogens with zero attached hydrogens (tertiary/aromatic N) is 1. The maximum Gasteiger partial charge on any atom is 0.310 e. The summed E-state index contributed by atoms with van der Waals surface area (Å²) in [5.41, 5.74) is 5.71.